The van der Waals surface area contributed by atoms with E-state index in [-0.39, 0.29) is 0 Å². The molecule has 2 nitrogen and oxygen atoms in total. The van der Waals surface area contributed by atoms with Gasteiger partial charge in [0, 0.05) is 9.26 Å². The van der Waals surface area contributed by atoms with Crippen LogP contribution in [0.5, 0.6) is 0 Å². The highest BCUT2D eigenvalue weighted by atomic mass is 127. The molecule has 1 heterocycles. The fourth-order valence-electron chi connectivity index (χ4n) is 1.60. The van der Waals surface area contributed by atoms with Crippen LogP contribution >= 0.6 is 22.6 Å². The van der Waals surface area contributed by atoms with E-state index in [4.69, 9.17) is 0 Å². The van der Waals surface area contributed by atoms with E-state index >= 15 is 0 Å². The third-order valence-corrected chi connectivity index (χ3v) is 3.07. The summed E-state index contributed by atoms with van der Waals surface area (Å²) in [4.78, 5) is 0. The number of aryl methyl sites for hydroxylation is 2. The molecule has 0 atom stereocenters. The topological polar surface area (TPSA) is 17.8 Å². The van der Waals surface area contributed by atoms with Gasteiger partial charge in [0.15, 0.2) is 0 Å². The van der Waals surface area contributed by atoms with Gasteiger partial charge in [-0.05, 0) is 60.2 Å². The number of hydrogen-bond donors (Lipinski definition) is 0. The van der Waals surface area contributed by atoms with Crippen LogP contribution in [-0.2, 0) is 6.54 Å². The maximum absolute atomic E-state index is 4.44. The second-order valence-electron chi connectivity index (χ2n) is 3.71. The molecule has 0 radical (unpaired) electrons. The Morgan fingerprint density at radius 3 is 2.40 bits per heavy atom. The van der Waals surface area contributed by atoms with Crippen molar-refractivity contribution in [3.8, 4) is 0 Å². The lowest BCUT2D eigenvalue weighted by atomic mass is 10.2. The fraction of sp³-hybridized carbons (Fsp3) is 0.250. The first-order chi connectivity index (χ1) is 7.15. The summed E-state index contributed by atoms with van der Waals surface area (Å²) >= 11 is 2.32. The zero-order chi connectivity index (χ0) is 10.8. The quantitative estimate of drug-likeness (QED) is 0.779. The molecule has 2 rings (SSSR count). The van der Waals surface area contributed by atoms with E-state index in [1.807, 2.05) is 11.6 Å². The van der Waals surface area contributed by atoms with Gasteiger partial charge in [-0.15, -0.1) is 0 Å². The van der Waals surface area contributed by atoms with E-state index in [9.17, 15) is 0 Å². The lowest BCUT2D eigenvalue weighted by molar-refractivity contribution is 0.659. The molecular formula is C12H13IN2. The molecule has 0 fully saturated rings. The summed E-state index contributed by atoms with van der Waals surface area (Å²) in [5.74, 6) is 0. The molecule has 3 heteroatoms. The highest BCUT2D eigenvalue weighted by Gasteiger charge is 2.01. The summed E-state index contributed by atoms with van der Waals surface area (Å²) < 4.78 is 3.31. The molecule has 0 aliphatic carbocycles. The third kappa shape index (κ3) is 2.59. The Morgan fingerprint density at radius 2 is 1.87 bits per heavy atom. The minimum absolute atomic E-state index is 0.858. The first-order valence-corrected chi connectivity index (χ1v) is 5.98. The first kappa shape index (κ1) is 10.7. The molecule has 1 aromatic heterocycles. The minimum atomic E-state index is 0.858. The zero-order valence-electron chi connectivity index (χ0n) is 8.87. The van der Waals surface area contributed by atoms with Crippen LogP contribution in [0.25, 0.3) is 0 Å². The molecule has 78 valence electrons. The second kappa shape index (κ2) is 4.35. The van der Waals surface area contributed by atoms with Gasteiger partial charge >= 0.3 is 0 Å². The van der Waals surface area contributed by atoms with Gasteiger partial charge in [0.2, 0.25) is 0 Å². The van der Waals surface area contributed by atoms with Crippen LogP contribution in [0.2, 0.25) is 0 Å². The van der Waals surface area contributed by atoms with Crippen molar-refractivity contribution in [2.24, 2.45) is 0 Å². The Kier molecular flexibility index (Phi) is 3.09. The molecule has 0 spiro atoms. The normalized spacial score (nSPS) is 10.6. The number of benzene rings is 1. The lowest BCUT2D eigenvalue weighted by Crippen LogP contribution is -2.03. The molecule has 0 saturated heterocycles. The number of hydrogen-bond acceptors (Lipinski definition) is 1. The van der Waals surface area contributed by atoms with Crippen LogP contribution in [0.3, 0.4) is 0 Å². The van der Waals surface area contributed by atoms with Gasteiger partial charge in [-0.3, -0.25) is 4.68 Å². The van der Waals surface area contributed by atoms with Crippen molar-refractivity contribution in [3.63, 3.8) is 0 Å². The summed E-state index contributed by atoms with van der Waals surface area (Å²) in [6.45, 7) is 4.97. The fourth-order valence-corrected chi connectivity index (χ4v) is 1.96. The van der Waals surface area contributed by atoms with Gasteiger partial charge in [0.1, 0.15) is 0 Å². The number of halogens is 1. The van der Waals surface area contributed by atoms with Crippen LogP contribution in [-0.4, -0.2) is 9.78 Å². The first-order valence-electron chi connectivity index (χ1n) is 4.90. The predicted octanol–water partition coefficient (Wildman–Crippen LogP) is 3.15. The highest BCUT2D eigenvalue weighted by molar-refractivity contribution is 14.1. The molecule has 2 aromatic rings. The standard InChI is InChI=1S/C12H13IN2/c1-9-7-10(2)15(14-9)8-11-3-5-12(13)6-4-11/h3-7H,8H2,1-2H3. The molecule has 15 heavy (non-hydrogen) atoms. The monoisotopic (exact) mass is 312 g/mol. The molecular weight excluding hydrogens is 299 g/mol. The average Bonchev–Trinajstić information content (AvgIpc) is 2.49. The van der Waals surface area contributed by atoms with Crippen LogP contribution in [0, 0.1) is 17.4 Å². The Bertz CT molecular complexity index is 457. The van der Waals surface area contributed by atoms with Gasteiger partial charge in [0.25, 0.3) is 0 Å². The molecule has 0 N–H and O–H groups in total. The van der Waals surface area contributed by atoms with Crippen molar-refractivity contribution in [3.05, 3.63) is 50.9 Å². The SMILES string of the molecule is Cc1cc(C)n(Cc2ccc(I)cc2)n1. The predicted molar refractivity (Wildman–Crippen MR) is 70.0 cm³/mol. The van der Waals surface area contributed by atoms with E-state index in [1.54, 1.807) is 0 Å². The van der Waals surface area contributed by atoms with Gasteiger partial charge in [-0.1, -0.05) is 12.1 Å². The van der Waals surface area contributed by atoms with E-state index < -0.39 is 0 Å². The van der Waals surface area contributed by atoms with Crippen LogP contribution in [0.1, 0.15) is 17.0 Å². The lowest BCUT2D eigenvalue weighted by Gasteiger charge is -2.04. The van der Waals surface area contributed by atoms with Crippen molar-refractivity contribution >= 4 is 22.6 Å². The molecule has 0 amide bonds. The average molecular weight is 312 g/mol. The Hall–Kier alpha value is -0.840. The maximum atomic E-state index is 4.44. The van der Waals surface area contributed by atoms with E-state index in [2.05, 4.69) is 64.9 Å². The van der Waals surface area contributed by atoms with E-state index in [0.29, 0.717) is 0 Å². The van der Waals surface area contributed by atoms with Gasteiger partial charge in [0.05, 0.1) is 12.2 Å². The van der Waals surface area contributed by atoms with E-state index in [1.165, 1.54) is 14.8 Å². The van der Waals surface area contributed by atoms with Crippen LogP contribution in [0.4, 0.5) is 0 Å². The number of aromatic nitrogens is 2. The number of rotatable bonds is 2. The van der Waals surface area contributed by atoms with Crippen molar-refractivity contribution in [2.75, 3.05) is 0 Å². The zero-order valence-corrected chi connectivity index (χ0v) is 11.0. The molecule has 1 aromatic carbocycles. The highest BCUT2D eigenvalue weighted by Crippen LogP contribution is 2.10. The van der Waals surface area contributed by atoms with Crippen LogP contribution < -0.4 is 0 Å². The Balaban J connectivity index is 2.21. The molecule has 0 aliphatic heterocycles. The Labute approximate surface area is 103 Å². The number of nitrogens with zero attached hydrogens (tertiary/aromatic N) is 2. The van der Waals surface area contributed by atoms with Crippen LogP contribution in [0.15, 0.2) is 30.3 Å². The van der Waals surface area contributed by atoms with Crippen molar-refractivity contribution in [1.29, 1.82) is 0 Å². The van der Waals surface area contributed by atoms with Crippen molar-refractivity contribution < 1.29 is 0 Å². The molecule has 0 bridgehead atoms. The largest absolute Gasteiger partial charge is 0.265 e. The summed E-state index contributed by atoms with van der Waals surface area (Å²) in [6, 6.07) is 10.7. The van der Waals surface area contributed by atoms with Gasteiger partial charge in [-0.25, -0.2) is 0 Å². The smallest absolute Gasteiger partial charge is 0.0662 e. The summed E-state index contributed by atoms with van der Waals surface area (Å²) in [5.41, 5.74) is 3.59. The van der Waals surface area contributed by atoms with E-state index in [0.717, 1.165) is 12.2 Å². The second-order valence-corrected chi connectivity index (χ2v) is 4.96. The van der Waals surface area contributed by atoms with Crippen molar-refractivity contribution in [2.45, 2.75) is 20.4 Å². The van der Waals surface area contributed by atoms with Crippen molar-refractivity contribution in [1.82, 2.24) is 9.78 Å². The Morgan fingerprint density at radius 1 is 1.20 bits per heavy atom. The minimum Gasteiger partial charge on any atom is -0.265 e. The third-order valence-electron chi connectivity index (χ3n) is 2.35. The molecule has 0 saturated carbocycles. The molecule has 0 aliphatic rings. The van der Waals surface area contributed by atoms with Gasteiger partial charge < -0.3 is 0 Å². The summed E-state index contributed by atoms with van der Waals surface area (Å²) in [5, 5.41) is 4.44. The molecule has 0 unspecified atom stereocenters. The van der Waals surface area contributed by atoms with Gasteiger partial charge in [-0.2, -0.15) is 5.10 Å². The maximum Gasteiger partial charge on any atom is 0.0662 e. The summed E-state index contributed by atoms with van der Waals surface area (Å²) in [6.07, 6.45) is 0. The summed E-state index contributed by atoms with van der Waals surface area (Å²) in [7, 11) is 0.